The molecule has 0 atom stereocenters. The number of rotatable bonds is 4. The average molecular weight is 309 g/mol. The highest BCUT2D eigenvalue weighted by Crippen LogP contribution is 2.32. The Labute approximate surface area is 126 Å². The summed E-state index contributed by atoms with van der Waals surface area (Å²) in [6, 6.07) is 3.82. The van der Waals surface area contributed by atoms with Crippen molar-refractivity contribution in [2.24, 2.45) is 0 Å². The maximum absolute atomic E-state index is 12.7. The Bertz CT molecular complexity index is 619. The average Bonchev–Trinajstić information content (AvgIpc) is 2.98. The lowest BCUT2D eigenvalue weighted by molar-refractivity contribution is 0.400. The molecule has 1 fully saturated rings. The summed E-state index contributed by atoms with van der Waals surface area (Å²) >= 11 is 0. The molecule has 0 heterocycles. The van der Waals surface area contributed by atoms with Gasteiger partial charge >= 0.3 is 0 Å². The minimum atomic E-state index is -3.49. The van der Waals surface area contributed by atoms with Crippen molar-refractivity contribution in [1.29, 1.82) is 0 Å². The Balaban J connectivity index is 1.95. The van der Waals surface area contributed by atoms with Crippen LogP contribution in [0.1, 0.15) is 49.7 Å². The van der Waals surface area contributed by atoms with Crippen LogP contribution in [0.25, 0.3) is 0 Å². The standard InChI is InChI=1S/C16H23NO3S/c1-20-15-10-12-6-2-3-7-13(12)11-16(15)21(18,19)17-14-8-4-5-9-14/h10-11,14,17H,2-9H2,1H3. The SMILES string of the molecule is COc1cc2c(cc1S(=O)(=O)NC1CCCC1)CCCC2. The number of sulfonamides is 1. The number of aryl methyl sites for hydroxylation is 2. The van der Waals surface area contributed by atoms with Gasteiger partial charge in [-0.05, 0) is 61.8 Å². The van der Waals surface area contributed by atoms with Crippen LogP contribution >= 0.6 is 0 Å². The van der Waals surface area contributed by atoms with Crippen molar-refractivity contribution in [3.05, 3.63) is 23.3 Å². The minimum absolute atomic E-state index is 0.0794. The number of benzene rings is 1. The lowest BCUT2D eigenvalue weighted by Crippen LogP contribution is -2.33. The van der Waals surface area contributed by atoms with E-state index in [-0.39, 0.29) is 6.04 Å². The summed E-state index contributed by atoms with van der Waals surface area (Å²) in [5.74, 6) is 0.473. The molecule has 0 bridgehead atoms. The molecule has 4 nitrogen and oxygen atoms in total. The molecule has 0 aromatic heterocycles. The molecule has 21 heavy (non-hydrogen) atoms. The van der Waals surface area contributed by atoms with E-state index in [2.05, 4.69) is 4.72 Å². The van der Waals surface area contributed by atoms with E-state index in [1.54, 1.807) is 7.11 Å². The fourth-order valence-corrected chi connectivity index (χ4v) is 4.94. The van der Waals surface area contributed by atoms with Gasteiger partial charge in [-0.1, -0.05) is 12.8 Å². The van der Waals surface area contributed by atoms with Gasteiger partial charge in [-0.2, -0.15) is 0 Å². The van der Waals surface area contributed by atoms with Crippen molar-refractivity contribution in [2.45, 2.75) is 62.3 Å². The van der Waals surface area contributed by atoms with Gasteiger partial charge in [0.15, 0.2) is 0 Å². The van der Waals surface area contributed by atoms with Crippen LogP contribution in [0.5, 0.6) is 5.75 Å². The number of methoxy groups -OCH3 is 1. The van der Waals surface area contributed by atoms with Crippen LogP contribution in [0.2, 0.25) is 0 Å². The van der Waals surface area contributed by atoms with Gasteiger partial charge < -0.3 is 4.74 Å². The maximum atomic E-state index is 12.7. The summed E-state index contributed by atoms with van der Waals surface area (Å²) in [5.41, 5.74) is 2.40. The molecule has 0 amide bonds. The van der Waals surface area contributed by atoms with Gasteiger partial charge in [0.2, 0.25) is 10.0 Å². The first-order valence-electron chi connectivity index (χ1n) is 7.82. The molecular formula is C16H23NO3S. The zero-order valence-electron chi connectivity index (χ0n) is 12.5. The summed E-state index contributed by atoms with van der Waals surface area (Å²) in [7, 11) is -1.95. The fraction of sp³-hybridized carbons (Fsp3) is 0.625. The quantitative estimate of drug-likeness (QED) is 0.930. The second-order valence-electron chi connectivity index (χ2n) is 6.08. The van der Waals surface area contributed by atoms with Crippen molar-refractivity contribution >= 4 is 10.0 Å². The zero-order valence-corrected chi connectivity index (χ0v) is 13.3. The normalized spacial score (nSPS) is 19.5. The van der Waals surface area contributed by atoms with E-state index < -0.39 is 10.0 Å². The van der Waals surface area contributed by atoms with Crippen LogP contribution in [0.15, 0.2) is 17.0 Å². The highest BCUT2D eigenvalue weighted by atomic mass is 32.2. The maximum Gasteiger partial charge on any atom is 0.244 e. The third kappa shape index (κ3) is 3.09. The Hall–Kier alpha value is -1.07. The van der Waals surface area contributed by atoms with Crippen molar-refractivity contribution in [3.63, 3.8) is 0 Å². The van der Waals surface area contributed by atoms with Gasteiger partial charge in [-0.15, -0.1) is 0 Å². The minimum Gasteiger partial charge on any atom is -0.495 e. The highest BCUT2D eigenvalue weighted by molar-refractivity contribution is 7.89. The van der Waals surface area contributed by atoms with Crippen LogP contribution in [0.4, 0.5) is 0 Å². The van der Waals surface area contributed by atoms with Crippen molar-refractivity contribution in [2.75, 3.05) is 7.11 Å². The molecular weight excluding hydrogens is 286 g/mol. The monoisotopic (exact) mass is 309 g/mol. The van der Waals surface area contributed by atoms with Gasteiger partial charge in [-0.25, -0.2) is 13.1 Å². The molecule has 0 aliphatic heterocycles. The topological polar surface area (TPSA) is 55.4 Å². The molecule has 0 saturated heterocycles. The number of hydrogen-bond donors (Lipinski definition) is 1. The van der Waals surface area contributed by atoms with Crippen LogP contribution in [-0.4, -0.2) is 21.6 Å². The molecule has 2 aliphatic rings. The number of hydrogen-bond acceptors (Lipinski definition) is 3. The Morgan fingerprint density at radius 3 is 2.29 bits per heavy atom. The zero-order chi connectivity index (χ0) is 14.9. The summed E-state index contributed by atoms with van der Waals surface area (Å²) in [4.78, 5) is 0.303. The van der Waals surface area contributed by atoms with Crippen LogP contribution in [0, 0.1) is 0 Å². The van der Waals surface area contributed by atoms with Crippen LogP contribution in [0.3, 0.4) is 0 Å². The first kappa shape index (κ1) is 14.9. The van der Waals surface area contributed by atoms with Gasteiger partial charge in [-0.3, -0.25) is 0 Å². The lowest BCUT2D eigenvalue weighted by Gasteiger charge is -2.20. The van der Waals surface area contributed by atoms with Gasteiger partial charge in [0.1, 0.15) is 10.6 Å². The summed E-state index contributed by atoms with van der Waals surface area (Å²) in [6.07, 6.45) is 8.37. The van der Waals surface area contributed by atoms with Crippen LogP contribution in [-0.2, 0) is 22.9 Å². The second kappa shape index (κ2) is 5.97. The largest absolute Gasteiger partial charge is 0.495 e. The molecule has 5 heteroatoms. The van der Waals surface area contributed by atoms with E-state index in [4.69, 9.17) is 4.74 Å². The third-order valence-corrected chi connectivity index (χ3v) is 6.14. The lowest BCUT2D eigenvalue weighted by atomic mass is 9.92. The molecule has 3 rings (SSSR count). The molecule has 116 valence electrons. The van der Waals surface area contributed by atoms with E-state index in [1.807, 2.05) is 12.1 Å². The molecule has 1 N–H and O–H groups in total. The Morgan fingerprint density at radius 2 is 1.67 bits per heavy atom. The van der Waals surface area contributed by atoms with Gasteiger partial charge in [0, 0.05) is 6.04 Å². The highest BCUT2D eigenvalue weighted by Gasteiger charge is 2.27. The first-order valence-corrected chi connectivity index (χ1v) is 9.30. The van der Waals surface area contributed by atoms with Gasteiger partial charge in [0.25, 0.3) is 0 Å². The number of nitrogens with one attached hydrogen (secondary N) is 1. The molecule has 1 aromatic carbocycles. The predicted molar refractivity (Wildman–Crippen MR) is 82.2 cm³/mol. The summed E-state index contributed by atoms with van der Waals surface area (Å²) < 4.78 is 33.5. The fourth-order valence-electron chi connectivity index (χ4n) is 3.44. The first-order chi connectivity index (χ1) is 10.1. The van der Waals surface area contributed by atoms with E-state index in [9.17, 15) is 8.42 Å². The summed E-state index contributed by atoms with van der Waals surface area (Å²) in [5, 5.41) is 0. The molecule has 0 radical (unpaired) electrons. The molecule has 1 saturated carbocycles. The smallest absolute Gasteiger partial charge is 0.244 e. The van der Waals surface area contributed by atoms with Crippen LogP contribution < -0.4 is 9.46 Å². The van der Waals surface area contributed by atoms with E-state index in [0.717, 1.165) is 50.5 Å². The van der Waals surface area contributed by atoms with E-state index >= 15 is 0 Å². The molecule has 1 aromatic rings. The van der Waals surface area contributed by atoms with Crippen molar-refractivity contribution in [3.8, 4) is 5.75 Å². The third-order valence-electron chi connectivity index (χ3n) is 4.59. The number of fused-ring (bicyclic) bond motifs is 1. The molecule has 0 unspecified atom stereocenters. The predicted octanol–water partition coefficient (Wildman–Crippen LogP) is 2.79. The van der Waals surface area contributed by atoms with E-state index in [0.29, 0.717) is 10.6 Å². The van der Waals surface area contributed by atoms with E-state index in [1.165, 1.54) is 12.0 Å². The Morgan fingerprint density at radius 1 is 1.05 bits per heavy atom. The number of ether oxygens (including phenoxy) is 1. The molecule has 0 spiro atoms. The summed E-state index contributed by atoms with van der Waals surface area (Å²) in [6.45, 7) is 0. The Kier molecular flexibility index (Phi) is 4.22. The van der Waals surface area contributed by atoms with Gasteiger partial charge in [0.05, 0.1) is 7.11 Å². The second-order valence-corrected chi connectivity index (χ2v) is 7.76. The van der Waals surface area contributed by atoms with Crippen molar-refractivity contribution < 1.29 is 13.2 Å². The van der Waals surface area contributed by atoms with Crippen molar-refractivity contribution in [1.82, 2.24) is 4.72 Å². The molecule has 2 aliphatic carbocycles.